The van der Waals surface area contributed by atoms with Crippen LogP contribution in [0.2, 0.25) is 0 Å². The molecule has 154 valence electrons. The SMILES string of the molecule is Nc1cc(OCCO)cc2cc([C@@H]3NCC(CN4CCS(=O)(=O)CC4)S3)[nH]c12. The monoisotopic (exact) mass is 426 g/mol. The lowest BCUT2D eigenvalue weighted by atomic mass is 10.2. The minimum absolute atomic E-state index is 0.0384. The number of thioether (sulfide) groups is 1. The minimum atomic E-state index is -2.84. The van der Waals surface area contributed by atoms with Crippen molar-refractivity contribution in [2.75, 3.05) is 56.6 Å². The molecule has 2 aliphatic heterocycles. The van der Waals surface area contributed by atoms with Gasteiger partial charge in [-0.15, -0.1) is 11.8 Å². The predicted molar refractivity (Wildman–Crippen MR) is 113 cm³/mol. The number of benzene rings is 1. The van der Waals surface area contributed by atoms with E-state index in [0.717, 1.165) is 29.7 Å². The van der Waals surface area contributed by atoms with E-state index in [1.807, 2.05) is 17.8 Å². The van der Waals surface area contributed by atoms with Crippen molar-refractivity contribution >= 4 is 38.2 Å². The van der Waals surface area contributed by atoms with Gasteiger partial charge in [0.05, 0.1) is 34.7 Å². The predicted octanol–water partition coefficient (Wildman–Crippen LogP) is 0.555. The summed E-state index contributed by atoms with van der Waals surface area (Å²) in [5.41, 5.74) is 8.73. The van der Waals surface area contributed by atoms with E-state index in [0.29, 0.717) is 29.8 Å². The number of sulfone groups is 1. The first kappa shape index (κ1) is 19.8. The van der Waals surface area contributed by atoms with Crippen LogP contribution in [-0.4, -0.2) is 79.6 Å². The fourth-order valence-corrected chi connectivity index (χ4v) is 6.31. The molecule has 0 amide bonds. The Morgan fingerprint density at radius 2 is 2.07 bits per heavy atom. The van der Waals surface area contributed by atoms with E-state index in [4.69, 9.17) is 15.6 Å². The highest BCUT2D eigenvalue weighted by molar-refractivity contribution is 8.00. The Balaban J connectivity index is 1.41. The van der Waals surface area contributed by atoms with Gasteiger partial charge in [0.2, 0.25) is 0 Å². The number of aromatic amines is 1. The number of H-pyrrole nitrogens is 1. The van der Waals surface area contributed by atoms with E-state index in [9.17, 15) is 8.42 Å². The molecule has 1 aromatic carbocycles. The molecule has 2 atom stereocenters. The van der Waals surface area contributed by atoms with Crippen molar-refractivity contribution in [3.05, 3.63) is 23.9 Å². The topological polar surface area (TPSA) is 121 Å². The van der Waals surface area contributed by atoms with Gasteiger partial charge in [-0.2, -0.15) is 0 Å². The fraction of sp³-hybridized carbons (Fsp3) is 0.556. The normalized spacial score (nSPS) is 25.3. The van der Waals surface area contributed by atoms with E-state index in [1.54, 1.807) is 6.07 Å². The smallest absolute Gasteiger partial charge is 0.152 e. The molecule has 0 aliphatic carbocycles. The largest absolute Gasteiger partial charge is 0.491 e. The van der Waals surface area contributed by atoms with E-state index >= 15 is 0 Å². The van der Waals surface area contributed by atoms with Gasteiger partial charge in [0.15, 0.2) is 9.84 Å². The first-order valence-electron chi connectivity index (χ1n) is 9.41. The highest BCUT2D eigenvalue weighted by Crippen LogP contribution is 2.38. The summed E-state index contributed by atoms with van der Waals surface area (Å²) in [5, 5.41) is 14.0. The maximum Gasteiger partial charge on any atom is 0.152 e. The number of hydrogen-bond donors (Lipinski definition) is 4. The highest BCUT2D eigenvalue weighted by Gasteiger charge is 2.30. The molecular weight excluding hydrogens is 400 g/mol. The fourth-order valence-electron chi connectivity index (χ4n) is 3.69. The van der Waals surface area contributed by atoms with Crippen LogP contribution in [0.25, 0.3) is 10.9 Å². The number of rotatable bonds is 6. The molecule has 10 heteroatoms. The Bertz CT molecular complexity index is 932. The number of ether oxygens (including phenoxy) is 1. The number of nitrogens with two attached hydrogens (primary N) is 1. The number of aromatic nitrogens is 1. The molecule has 1 unspecified atom stereocenters. The summed E-state index contributed by atoms with van der Waals surface area (Å²) < 4.78 is 28.7. The number of aliphatic hydroxyl groups excluding tert-OH is 1. The standard InChI is InChI=1S/C18H26N4O4S2/c19-15-9-13(26-4-3-23)7-12-8-16(21-17(12)15)18-20-10-14(27-18)11-22-1-5-28(24,25)6-2-22/h7-9,14,18,20-21,23H,1-6,10-11,19H2/t14?,18-/m1/s1. The summed E-state index contributed by atoms with van der Waals surface area (Å²) in [6, 6.07) is 5.77. The third-order valence-electron chi connectivity index (χ3n) is 5.15. The Hall–Kier alpha value is -1.46. The van der Waals surface area contributed by atoms with Crippen LogP contribution in [0.15, 0.2) is 18.2 Å². The highest BCUT2D eigenvalue weighted by atomic mass is 32.2. The number of fused-ring (bicyclic) bond motifs is 1. The number of nitrogen functional groups attached to an aromatic ring is 1. The van der Waals surface area contributed by atoms with Gasteiger partial charge in [-0.25, -0.2) is 8.42 Å². The molecule has 0 spiro atoms. The molecule has 5 N–H and O–H groups in total. The molecule has 2 aromatic rings. The first-order chi connectivity index (χ1) is 13.4. The summed E-state index contributed by atoms with van der Waals surface area (Å²) in [5.74, 6) is 1.18. The molecule has 0 bridgehead atoms. The second-order valence-electron chi connectivity index (χ2n) is 7.27. The molecule has 0 saturated carbocycles. The number of aliphatic hydroxyl groups is 1. The Morgan fingerprint density at radius 3 is 2.82 bits per heavy atom. The van der Waals surface area contributed by atoms with Crippen molar-refractivity contribution in [3.63, 3.8) is 0 Å². The van der Waals surface area contributed by atoms with Crippen LogP contribution in [0.4, 0.5) is 5.69 Å². The molecule has 2 fully saturated rings. The summed E-state index contributed by atoms with van der Waals surface area (Å²) in [6.45, 7) is 3.23. The molecule has 0 radical (unpaired) electrons. The quantitative estimate of drug-likeness (QED) is 0.495. The van der Waals surface area contributed by atoms with Gasteiger partial charge in [-0.3, -0.25) is 5.32 Å². The van der Waals surface area contributed by atoms with E-state index in [1.165, 1.54) is 0 Å². The van der Waals surface area contributed by atoms with Crippen LogP contribution < -0.4 is 15.8 Å². The number of hydrogen-bond acceptors (Lipinski definition) is 8. The summed E-state index contributed by atoms with van der Waals surface area (Å²) in [4.78, 5) is 5.66. The molecule has 2 aliphatic rings. The van der Waals surface area contributed by atoms with Crippen molar-refractivity contribution in [3.8, 4) is 5.75 Å². The number of nitrogens with zero attached hydrogens (tertiary/aromatic N) is 1. The third kappa shape index (κ3) is 4.41. The summed E-state index contributed by atoms with van der Waals surface area (Å²) in [6.07, 6.45) is 0. The van der Waals surface area contributed by atoms with Gasteiger partial charge in [0.25, 0.3) is 0 Å². The molecule has 8 nitrogen and oxygen atoms in total. The maximum absolute atomic E-state index is 11.6. The van der Waals surface area contributed by atoms with Gasteiger partial charge in [-0.05, 0) is 12.1 Å². The second kappa shape index (κ2) is 8.11. The van der Waals surface area contributed by atoms with Crippen LogP contribution in [0.3, 0.4) is 0 Å². The average Bonchev–Trinajstić information content (AvgIpc) is 3.29. The van der Waals surface area contributed by atoms with E-state index in [2.05, 4.69) is 21.3 Å². The van der Waals surface area contributed by atoms with Crippen molar-refractivity contribution in [2.45, 2.75) is 10.6 Å². The summed E-state index contributed by atoms with van der Waals surface area (Å²) in [7, 11) is -2.84. The molecule has 4 rings (SSSR count). The lowest BCUT2D eigenvalue weighted by Crippen LogP contribution is -2.43. The second-order valence-corrected chi connectivity index (χ2v) is 11.0. The Kier molecular flexibility index (Phi) is 5.75. The average molecular weight is 427 g/mol. The minimum Gasteiger partial charge on any atom is -0.491 e. The van der Waals surface area contributed by atoms with Crippen LogP contribution >= 0.6 is 11.8 Å². The van der Waals surface area contributed by atoms with Crippen molar-refractivity contribution in [1.29, 1.82) is 0 Å². The Labute approximate surface area is 168 Å². The zero-order chi connectivity index (χ0) is 19.7. The molecule has 2 saturated heterocycles. The van der Waals surface area contributed by atoms with Crippen LogP contribution in [0.1, 0.15) is 11.1 Å². The molecule has 28 heavy (non-hydrogen) atoms. The van der Waals surface area contributed by atoms with Gasteiger partial charge in [-0.1, -0.05) is 0 Å². The van der Waals surface area contributed by atoms with Crippen molar-refractivity contribution in [2.24, 2.45) is 0 Å². The maximum atomic E-state index is 11.6. The van der Waals surface area contributed by atoms with Crippen molar-refractivity contribution < 1.29 is 18.3 Å². The van der Waals surface area contributed by atoms with Crippen molar-refractivity contribution in [1.82, 2.24) is 15.2 Å². The van der Waals surface area contributed by atoms with Gasteiger partial charge >= 0.3 is 0 Å². The third-order valence-corrected chi connectivity index (χ3v) is 8.16. The van der Waals surface area contributed by atoms with Gasteiger partial charge < -0.3 is 25.5 Å². The van der Waals surface area contributed by atoms with Gasteiger partial charge in [0, 0.05) is 48.6 Å². The lowest BCUT2D eigenvalue weighted by Gasteiger charge is -2.28. The van der Waals surface area contributed by atoms with Crippen LogP contribution in [0, 0.1) is 0 Å². The van der Waals surface area contributed by atoms with Crippen LogP contribution in [0.5, 0.6) is 5.75 Å². The van der Waals surface area contributed by atoms with E-state index < -0.39 is 9.84 Å². The number of nitrogens with one attached hydrogen (secondary N) is 2. The Morgan fingerprint density at radius 1 is 1.29 bits per heavy atom. The van der Waals surface area contributed by atoms with Crippen LogP contribution in [-0.2, 0) is 9.84 Å². The molecule has 3 heterocycles. The summed E-state index contributed by atoms with van der Waals surface area (Å²) >= 11 is 1.86. The zero-order valence-corrected chi connectivity index (χ0v) is 17.2. The first-order valence-corrected chi connectivity index (χ1v) is 12.2. The molecule has 1 aromatic heterocycles. The zero-order valence-electron chi connectivity index (χ0n) is 15.6. The van der Waals surface area contributed by atoms with E-state index in [-0.39, 0.29) is 30.1 Å². The molecular formula is C18H26N4O4S2. The number of anilines is 1. The van der Waals surface area contributed by atoms with Gasteiger partial charge in [0.1, 0.15) is 12.4 Å². The lowest BCUT2D eigenvalue weighted by molar-refractivity contribution is 0.201.